The molecule has 1 saturated carbocycles. The van der Waals surface area contributed by atoms with Crippen molar-refractivity contribution in [1.29, 1.82) is 0 Å². The molecule has 0 bridgehead atoms. The Hall–Kier alpha value is -1.64. The van der Waals surface area contributed by atoms with Crippen molar-refractivity contribution < 1.29 is 4.74 Å². The van der Waals surface area contributed by atoms with Gasteiger partial charge in [0.05, 0.1) is 13.2 Å². The minimum Gasteiger partial charge on any atom is -0.497 e. The predicted molar refractivity (Wildman–Crippen MR) is 92.6 cm³/mol. The molecule has 2 aliphatic rings. The summed E-state index contributed by atoms with van der Waals surface area (Å²) in [6.45, 7) is 0.990. The van der Waals surface area contributed by atoms with Crippen LogP contribution in [0.2, 0.25) is 0 Å². The summed E-state index contributed by atoms with van der Waals surface area (Å²) in [4.78, 5) is 9.77. The number of methoxy groups -OCH3 is 1. The lowest BCUT2D eigenvalue weighted by molar-refractivity contribution is 0.414. The van der Waals surface area contributed by atoms with Gasteiger partial charge in [-0.15, -0.1) is 0 Å². The Labute approximate surface area is 133 Å². The standard InChI is InChI=1S/C19H26N2O/c1-22-18-11-5-7-15(13-18)19(14-17-10-6-12-20-17)21-16-8-3-2-4-9-16/h5,7,11,13,16H,2-4,6,8-10,12,14H2,1H3. The van der Waals surface area contributed by atoms with Gasteiger partial charge in [0.2, 0.25) is 0 Å². The Morgan fingerprint density at radius 2 is 2.09 bits per heavy atom. The zero-order chi connectivity index (χ0) is 15.2. The van der Waals surface area contributed by atoms with Crippen LogP contribution in [-0.4, -0.2) is 31.1 Å². The molecule has 3 nitrogen and oxygen atoms in total. The van der Waals surface area contributed by atoms with Crippen LogP contribution in [0.3, 0.4) is 0 Å². The van der Waals surface area contributed by atoms with E-state index in [0.717, 1.165) is 25.1 Å². The van der Waals surface area contributed by atoms with Crippen LogP contribution in [-0.2, 0) is 0 Å². The Balaban J connectivity index is 1.84. The van der Waals surface area contributed by atoms with Crippen molar-refractivity contribution in [1.82, 2.24) is 0 Å². The highest BCUT2D eigenvalue weighted by atomic mass is 16.5. The van der Waals surface area contributed by atoms with Crippen molar-refractivity contribution in [2.75, 3.05) is 13.7 Å². The molecule has 118 valence electrons. The van der Waals surface area contributed by atoms with Crippen molar-refractivity contribution in [3.8, 4) is 5.75 Å². The van der Waals surface area contributed by atoms with Crippen molar-refractivity contribution in [2.24, 2.45) is 9.98 Å². The molecule has 1 fully saturated rings. The molecule has 0 amide bonds. The first-order valence-corrected chi connectivity index (χ1v) is 8.58. The van der Waals surface area contributed by atoms with E-state index >= 15 is 0 Å². The van der Waals surface area contributed by atoms with E-state index in [1.165, 1.54) is 55.5 Å². The zero-order valence-corrected chi connectivity index (χ0v) is 13.6. The maximum Gasteiger partial charge on any atom is 0.119 e. The molecule has 3 rings (SSSR count). The molecule has 1 heterocycles. The van der Waals surface area contributed by atoms with Gasteiger partial charge in [0.1, 0.15) is 5.75 Å². The number of benzene rings is 1. The zero-order valence-electron chi connectivity index (χ0n) is 13.6. The summed E-state index contributed by atoms with van der Waals surface area (Å²) in [6, 6.07) is 8.81. The summed E-state index contributed by atoms with van der Waals surface area (Å²) >= 11 is 0. The first-order chi connectivity index (χ1) is 10.8. The summed E-state index contributed by atoms with van der Waals surface area (Å²) in [7, 11) is 1.72. The van der Waals surface area contributed by atoms with Gasteiger partial charge in [-0.1, -0.05) is 31.4 Å². The molecule has 0 atom stereocenters. The lowest BCUT2D eigenvalue weighted by Crippen LogP contribution is -2.16. The highest BCUT2D eigenvalue weighted by Gasteiger charge is 2.17. The van der Waals surface area contributed by atoms with E-state index < -0.39 is 0 Å². The van der Waals surface area contributed by atoms with Crippen LogP contribution in [0.25, 0.3) is 0 Å². The van der Waals surface area contributed by atoms with Crippen LogP contribution in [0.4, 0.5) is 0 Å². The Morgan fingerprint density at radius 1 is 1.23 bits per heavy atom. The van der Waals surface area contributed by atoms with Crippen LogP contribution >= 0.6 is 0 Å². The molecule has 3 heteroatoms. The first kappa shape index (κ1) is 15.3. The van der Waals surface area contributed by atoms with E-state index in [1.54, 1.807) is 7.11 Å². The van der Waals surface area contributed by atoms with Gasteiger partial charge in [-0.05, 0) is 43.4 Å². The van der Waals surface area contributed by atoms with Crippen LogP contribution in [0.15, 0.2) is 34.3 Å². The maximum atomic E-state index is 5.38. The molecule has 1 aliphatic heterocycles. The molecule has 1 aromatic carbocycles. The van der Waals surface area contributed by atoms with Gasteiger partial charge in [0.15, 0.2) is 0 Å². The van der Waals surface area contributed by atoms with Gasteiger partial charge < -0.3 is 4.74 Å². The van der Waals surface area contributed by atoms with Gasteiger partial charge >= 0.3 is 0 Å². The number of hydrogen-bond donors (Lipinski definition) is 0. The Kier molecular flexibility index (Phi) is 5.25. The molecular weight excluding hydrogens is 272 g/mol. The molecule has 0 aromatic heterocycles. The van der Waals surface area contributed by atoms with Crippen LogP contribution in [0.5, 0.6) is 5.75 Å². The second-order valence-electron chi connectivity index (χ2n) is 6.33. The van der Waals surface area contributed by atoms with Crippen LogP contribution in [0, 0.1) is 0 Å². The minimum atomic E-state index is 0.497. The third-order valence-electron chi connectivity index (χ3n) is 4.65. The quantitative estimate of drug-likeness (QED) is 0.740. The molecule has 0 radical (unpaired) electrons. The third-order valence-corrected chi connectivity index (χ3v) is 4.65. The Morgan fingerprint density at radius 3 is 2.82 bits per heavy atom. The SMILES string of the molecule is COc1cccc(C(CC2=NCCC2)=NC2CCCCC2)c1. The Bertz CT molecular complexity index is 556. The molecule has 0 N–H and O–H groups in total. The van der Waals surface area contributed by atoms with Gasteiger partial charge in [-0.2, -0.15) is 0 Å². The van der Waals surface area contributed by atoms with E-state index in [1.807, 2.05) is 6.07 Å². The molecule has 22 heavy (non-hydrogen) atoms. The average Bonchev–Trinajstić information content (AvgIpc) is 3.08. The second-order valence-corrected chi connectivity index (χ2v) is 6.33. The second kappa shape index (κ2) is 7.57. The van der Waals surface area contributed by atoms with Crippen LogP contribution in [0.1, 0.15) is 56.9 Å². The summed E-state index contributed by atoms with van der Waals surface area (Å²) in [6.07, 6.45) is 9.72. The van der Waals surface area contributed by atoms with Crippen LogP contribution < -0.4 is 4.74 Å². The van der Waals surface area contributed by atoms with Gasteiger partial charge in [0, 0.05) is 24.4 Å². The number of aliphatic imine (C=N–C) groups is 2. The predicted octanol–water partition coefficient (Wildman–Crippen LogP) is 4.44. The molecule has 0 saturated heterocycles. The lowest BCUT2D eigenvalue weighted by atomic mass is 9.95. The summed E-state index contributed by atoms with van der Waals surface area (Å²) in [5.41, 5.74) is 3.71. The number of hydrogen-bond acceptors (Lipinski definition) is 3. The van der Waals surface area contributed by atoms with Crippen molar-refractivity contribution in [3.63, 3.8) is 0 Å². The van der Waals surface area contributed by atoms with Gasteiger partial charge in [0.25, 0.3) is 0 Å². The molecule has 0 unspecified atom stereocenters. The van der Waals surface area contributed by atoms with E-state index in [-0.39, 0.29) is 0 Å². The first-order valence-electron chi connectivity index (χ1n) is 8.58. The smallest absolute Gasteiger partial charge is 0.119 e. The number of rotatable bonds is 5. The molecule has 0 spiro atoms. The highest BCUT2D eigenvalue weighted by molar-refractivity contribution is 6.13. The summed E-state index contributed by atoms with van der Waals surface area (Å²) in [5, 5.41) is 0. The largest absolute Gasteiger partial charge is 0.497 e. The summed E-state index contributed by atoms with van der Waals surface area (Å²) in [5.74, 6) is 0.905. The van der Waals surface area contributed by atoms with Crippen molar-refractivity contribution in [2.45, 2.75) is 57.4 Å². The number of nitrogens with zero attached hydrogens (tertiary/aromatic N) is 2. The van der Waals surface area contributed by atoms with E-state index in [9.17, 15) is 0 Å². The lowest BCUT2D eigenvalue weighted by Gasteiger charge is -2.20. The maximum absolute atomic E-state index is 5.38. The normalized spacial score (nSPS) is 20.0. The number of ether oxygens (including phenoxy) is 1. The fourth-order valence-corrected chi connectivity index (χ4v) is 3.39. The molecular formula is C19H26N2O. The van der Waals surface area contributed by atoms with Gasteiger partial charge in [-0.25, -0.2) is 0 Å². The topological polar surface area (TPSA) is 34.0 Å². The third kappa shape index (κ3) is 3.96. The van der Waals surface area contributed by atoms with Gasteiger partial charge in [-0.3, -0.25) is 9.98 Å². The molecule has 1 aromatic rings. The average molecular weight is 298 g/mol. The van der Waals surface area contributed by atoms with E-state index in [4.69, 9.17) is 9.73 Å². The fraction of sp³-hybridized carbons (Fsp3) is 0.579. The van der Waals surface area contributed by atoms with Crippen molar-refractivity contribution >= 4 is 11.4 Å². The summed E-state index contributed by atoms with van der Waals surface area (Å²) < 4.78 is 5.38. The monoisotopic (exact) mass is 298 g/mol. The fourth-order valence-electron chi connectivity index (χ4n) is 3.39. The van der Waals surface area contributed by atoms with E-state index in [0.29, 0.717) is 6.04 Å². The minimum absolute atomic E-state index is 0.497. The highest BCUT2D eigenvalue weighted by Crippen LogP contribution is 2.23. The van der Waals surface area contributed by atoms with Crippen molar-refractivity contribution in [3.05, 3.63) is 29.8 Å². The molecule has 1 aliphatic carbocycles. The van der Waals surface area contributed by atoms with E-state index in [2.05, 4.69) is 23.2 Å².